The molecule has 5 heteroatoms. The topological polar surface area (TPSA) is 39.9 Å². The molecule has 1 fully saturated rings. The van der Waals surface area contributed by atoms with Gasteiger partial charge in [-0.2, -0.15) is 9.49 Å². The van der Waals surface area contributed by atoms with E-state index in [-0.39, 0.29) is 6.23 Å². The molecule has 2 aromatic heterocycles. The second kappa shape index (κ2) is 5.50. The lowest BCUT2D eigenvalue weighted by atomic mass is 10.1. The molecule has 0 amide bonds. The molecule has 0 aliphatic carbocycles. The van der Waals surface area contributed by atoms with Gasteiger partial charge in [-0.15, -0.1) is 0 Å². The van der Waals surface area contributed by atoms with E-state index in [0.717, 1.165) is 48.0 Å². The third kappa shape index (κ3) is 2.27. The number of benzene rings is 1. The number of rotatable bonds is 2. The van der Waals surface area contributed by atoms with E-state index in [9.17, 15) is 4.39 Å². The van der Waals surface area contributed by atoms with Gasteiger partial charge in [-0.3, -0.25) is 0 Å². The van der Waals surface area contributed by atoms with Crippen molar-refractivity contribution in [3.05, 3.63) is 48.5 Å². The maximum absolute atomic E-state index is 13.1. The van der Waals surface area contributed by atoms with Crippen molar-refractivity contribution in [3.63, 3.8) is 0 Å². The number of aromatic nitrogens is 3. The highest BCUT2D eigenvalue weighted by molar-refractivity contribution is 5.93. The van der Waals surface area contributed by atoms with Crippen LogP contribution in [0.15, 0.2) is 42.6 Å². The Morgan fingerprint density at radius 3 is 2.82 bits per heavy atom. The average molecular weight is 297 g/mol. The molecule has 0 saturated carbocycles. The highest BCUT2D eigenvalue weighted by atomic mass is 19.1. The van der Waals surface area contributed by atoms with Gasteiger partial charge in [0.1, 0.15) is 5.69 Å². The summed E-state index contributed by atoms with van der Waals surface area (Å²) in [5.41, 5.74) is 2.66. The van der Waals surface area contributed by atoms with Gasteiger partial charge in [0.25, 0.3) is 0 Å². The zero-order valence-corrected chi connectivity index (χ0v) is 12.1. The standard InChI is InChI=1S/C17H16FN3O/c18-15-9-8-12(11-19-15)17-13-5-1-2-6-14(13)21(20-17)16-7-3-4-10-22-16/h1-2,5-6,8-9,11,16H,3-4,7,10H2. The van der Waals surface area contributed by atoms with E-state index in [1.807, 2.05) is 28.9 Å². The zero-order chi connectivity index (χ0) is 14.9. The van der Waals surface area contributed by atoms with Crippen molar-refractivity contribution in [2.75, 3.05) is 6.61 Å². The lowest BCUT2D eigenvalue weighted by Crippen LogP contribution is -2.19. The van der Waals surface area contributed by atoms with Gasteiger partial charge in [0.15, 0.2) is 6.23 Å². The van der Waals surface area contributed by atoms with E-state index < -0.39 is 5.95 Å². The van der Waals surface area contributed by atoms with E-state index in [2.05, 4.69) is 4.98 Å². The third-order valence-corrected chi connectivity index (χ3v) is 4.04. The van der Waals surface area contributed by atoms with Crippen LogP contribution in [-0.4, -0.2) is 21.4 Å². The van der Waals surface area contributed by atoms with Crippen LogP contribution >= 0.6 is 0 Å². The molecule has 22 heavy (non-hydrogen) atoms. The summed E-state index contributed by atoms with van der Waals surface area (Å²) in [5, 5.41) is 5.77. The molecule has 0 spiro atoms. The SMILES string of the molecule is Fc1ccc(-c2nn(C3CCCCO3)c3ccccc23)cn1. The number of fused-ring (bicyclic) bond motifs is 1. The highest BCUT2D eigenvalue weighted by Crippen LogP contribution is 2.32. The number of hydrogen-bond acceptors (Lipinski definition) is 3. The van der Waals surface area contributed by atoms with E-state index in [4.69, 9.17) is 9.84 Å². The largest absolute Gasteiger partial charge is 0.356 e. The van der Waals surface area contributed by atoms with Crippen LogP contribution in [-0.2, 0) is 4.74 Å². The van der Waals surface area contributed by atoms with Gasteiger partial charge in [-0.1, -0.05) is 18.2 Å². The number of nitrogens with zero attached hydrogens (tertiary/aromatic N) is 3. The van der Waals surface area contributed by atoms with E-state index in [1.54, 1.807) is 6.07 Å². The molecule has 3 heterocycles. The minimum absolute atomic E-state index is 0.0270. The van der Waals surface area contributed by atoms with Crippen molar-refractivity contribution < 1.29 is 9.13 Å². The van der Waals surface area contributed by atoms with Crippen LogP contribution in [0.2, 0.25) is 0 Å². The van der Waals surface area contributed by atoms with E-state index >= 15 is 0 Å². The maximum Gasteiger partial charge on any atom is 0.212 e. The molecule has 1 aliphatic heterocycles. The quantitative estimate of drug-likeness (QED) is 0.673. The van der Waals surface area contributed by atoms with Crippen LogP contribution in [0.5, 0.6) is 0 Å². The Morgan fingerprint density at radius 2 is 2.05 bits per heavy atom. The van der Waals surface area contributed by atoms with Gasteiger partial charge in [0.05, 0.1) is 5.52 Å². The molecule has 1 aliphatic rings. The Morgan fingerprint density at radius 1 is 1.14 bits per heavy atom. The first-order chi connectivity index (χ1) is 10.8. The smallest absolute Gasteiger partial charge is 0.212 e. The summed E-state index contributed by atoms with van der Waals surface area (Å²) in [6.07, 6.45) is 4.71. The van der Waals surface area contributed by atoms with Crippen LogP contribution in [0.25, 0.3) is 22.2 Å². The van der Waals surface area contributed by atoms with Gasteiger partial charge < -0.3 is 4.74 Å². The van der Waals surface area contributed by atoms with Crippen LogP contribution in [0.4, 0.5) is 4.39 Å². The second-order valence-corrected chi connectivity index (χ2v) is 5.50. The lowest BCUT2D eigenvalue weighted by molar-refractivity contribution is -0.0365. The Labute approximate surface area is 127 Å². The number of para-hydroxylation sites is 1. The fraction of sp³-hybridized carbons (Fsp3) is 0.294. The van der Waals surface area contributed by atoms with Gasteiger partial charge in [-0.05, 0) is 37.5 Å². The van der Waals surface area contributed by atoms with E-state index in [1.165, 1.54) is 12.3 Å². The molecule has 0 radical (unpaired) electrons. The lowest BCUT2D eigenvalue weighted by Gasteiger charge is -2.23. The van der Waals surface area contributed by atoms with Crippen molar-refractivity contribution >= 4 is 10.9 Å². The molecule has 3 aromatic rings. The minimum Gasteiger partial charge on any atom is -0.356 e. The number of hydrogen-bond donors (Lipinski definition) is 0. The third-order valence-electron chi connectivity index (χ3n) is 4.04. The summed E-state index contributed by atoms with van der Waals surface area (Å²) in [4.78, 5) is 3.74. The summed E-state index contributed by atoms with van der Waals surface area (Å²) >= 11 is 0. The molecule has 112 valence electrons. The van der Waals surface area contributed by atoms with Gasteiger partial charge >= 0.3 is 0 Å². The van der Waals surface area contributed by atoms with Crippen molar-refractivity contribution in [3.8, 4) is 11.3 Å². The predicted molar refractivity (Wildman–Crippen MR) is 81.8 cm³/mol. The zero-order valence-electron chi connectivity index (χ0n) is 12.1. The van der Waals surface area contributed by atoms with Crippen LogP contribution < -0.4 is 0 Å². The summed E-state index contributed by atoms with van der Waals surface area (Å²) in [7, 11) is 0. The predicted octanol–water partition coefficient (Wildman–Crippen LogP) is 3.94. The molecule has 1 aromatic carbocycles. The van der Waals surface area contributed by atoms with Crippen molar-refractivity contribution in [2.24, 2.45) is 0 Å². The summed E-state index contributed by atoms with van der Waals surface area (Å²) in [6, 6.07) is 11.1. The minimum atomic E-state index is -0.483. The fourth-order valence-corrected chi connectivity index (χ4v) is 2.95. The molecule has 1 unspecified atom stereocenters. The van der Waals surface area contributed by atoms with Crippen LogP contribution in [0, 0.1) is 5.95 Å². The van der Waals surface area contributed by atoms with Gasteiger partial charge in [0, 0.05) is 23.8 Å². The van der Waals surface area contributed by atoms with E-state index in [0.29, 0.717) is 0 Å². The average Bonchev–Trinajstić information content (AvgIpc) is 2.96. The summed E-state index contributed by atoms with van der Waals surface area (Å²) in [5.74, 6) is -0.483. The fourth-order valence-electron chi connectivity index (χ4n) is 2.95. The molecule has 0 N–H and O–H groups in total. The molecule has 4 nitrogen and oxygen atoms in total. The number of ether oxygens (including phenoxy) is 1. The number of pyridine rings is 1. The van der Waals surface area contributed by atoms with Gasteiger partial charge in [-0.25, -0.2) is 9.67 Å². The Bertz CT molecular complexity index is 791. The second-order valence-electron chi connectivity index (χ2n) is 5.50. The normalized spacial score (nSPS) is 18.7. The van der Waals surface area contributed by atoms with Crippen molar-refractivity contribution in [2.45, 2.75) is 25.5 Å². The monoisotopic (exact) mass is 297 g/mol. The Balaban J connectivity index is 1.86. The van der Waals surface area contributed by atoms with Crippen LogP contribution in [0.1, 0.15) is 25.5 Å². The molecule has 4 rings (SSSR count). The molecular formula is C17H16FN3O. The molecule has 1 atom stereocenters. The highest BCUT2D eigenvalue weighted by Gasteiger charge is 2.21. The maximum atomic E-state index is 13.1. The molecule has 0 bridgehead atoms. The summed E-state index contributed by atoms with van der Waals surface area (Å²) < 4.78 is 20.9. The molecule has 1 saturated heterocycles. The Hall–Kier alpha value is -2.27. The molecular weight excluding hydrogens is 281 g/mol. The van der Waals surface area contributed by atoms with Crippen LogP contribution in [0.3, 0.4) is 0 Å². The summed E-state index contributed by atoms with van der Waals surface area (Å²) in [6.45, 7) is 0.770. The Kier molecular flexibility index (Phi) is 3.35. The van der Waals surface area contributed by atoms with Gasteiger partial charge in [0.2, 0.25) is 5.95 Å². The van der Waals surface area contributed by atoms with Crippen molar-refractivity contribution in [1.29, 1.82) is 0 Å². The first-order valence-corrected chi connectivity index (χ1v) is 7.54. The van der Waals surface area contributed by atoms with Crippen molar-refractivity contribution in [1.82, 2.24) is 14.8 Å². The number of halogens is 1. The first-order valence-electron chi connectivity index (χ1n) is 7.54. The first kappa shape index (κ1) is 13.4.